The van der Waals surface area contributed by atoms with Crippen LogP contribution in [0.5, 0.6) is 0 Å². The average molecular weight is 314 g/mol. The zero-order valence-electron chi connectivity index (χ0n) is 12.1. The van der Waals surface area contributed by atoms with Gasteiger partial charge in [0.05, 0.1) is 5.69 Å². The minimum atomic E-state index is 0.391. The lowest BCUT2D eigenvalue weighted by Gasteiger charge is -2.22. The van der Waals surface area contributed by atoms with Gasteiger partial charge in [0.1, 0.15) is 11.3 Å². The normalized spacial score (nSPS) is 16.2. The van der Waals surface area contributed by atoms with E-state index in [1.54, 1.807) is 6.20 Å². The van der Waals surface area contributed by atoms with Gasteiger partial charge in [-0.1, -0.05) is 17.7 Å². The van der Waals surface area contributed by atoms with Gasteiger partial charge < -0.3 is 4.74 Å². The molecular formula is C17H16ClN3O. The Morgan fingerprint density at radius 2 is 2.00 bits per heavy atom. The first-order chi connectivity index (χ1) is 10.8. The Hall–Kier alpha value is -1.91. The van der Waals surface area contributed by atoms with Crippen LogP contribution < -0.4 is 0 Å². The second-order valence-corrected chi connectivity index (χ2v) is 5.95. The summed E-state index contributed by atoms with van der Waals surface area (Å²) in [5, 5.41) is 0.716. The molecule has 22 heavy (non-hydrogen) atoms. The maximum absolute atomic E-state index is 6.18. The first-order valence-corrected chi connectivity index (χ1v) is 7.88. The SMILES string of the molecule is Clc1cccc(-n2c(C3CCOCC3)nc3cccnc32)c1. The fourth-order valence-electron chi connectivity index (χ4n) is 3.03. The maximum Gasteiger partial charge on any atom is 0.164 e. The van der Waals surface area contributed by atoms with E-state index >= 15 is 0 Å². The molecule has 112 valence electrons. The van der Waals surface area contributed by atoms with Crippen molar-refractivity contribution in [3.8, 4) is 5.69 Å². The lowest BCUT2D eigenvalue weighted by molar-refractivity contribution is 0.0834. The number of ether oxygens (including phenoxy) is 1. The van der Waals surface area contributed by atoms with Crippen molar-refractivity contribution in [2.24, 2.45) is 0 Å². The Morgan fingerprint density at radius 1 is 1.14 bits per heavy atom. The molecule has 2 aromatic heterocycles. The molecule has 1 aromatic carbocycles. The van der Waals surface area contributed by atoms with Crippen LogP contribution in [0.3, 0.4) is 0 Å². The number of aromatic nitrogens is 3. The molecule has 0 atom stereocenters. The summed E-state index contributed by atoms with van der Waals surface area (Å²) >= 11 is 6.18. The second-order valence-electron chi connectivity index (χ2n) is 5.52. The molecule has 4 rings (SSSR count). The predicted octanol–water partition coefficient (Wildman–Crippen LogP) is 3.97. The van der Waals surface area contributed by atoms with E-state index in [0.717, 1.165) is 48.7 Å². The highest BCUT2D eigenvalue weighted by Gasteiger charge is 2.24. The number of hydrogen-bond donors (Lipinski definition) is 0. The van der Waals surface area contributed by atoms with Gasteiger partial charge in [-0.25, -0.2) is 9.97 Å². The van der Waals surface area contributed by atoms with Crippen molar-refractivity contribution >= 4 is 22.8 Å². The van der Waals surface area contributed by atoms with Crippen LogP contribution in [0.2, 0.25) is 5.02 Å². The Bertz CT molecular complexity index is 809. The summed E-state index contributed by atoms with van der Waals surface area (Å²) in [4.78, 5) is 9.37. The predicted molar refractivity (Wildman–Crippen MR) is 86.7 cm³/mol. The summed E-state index contributed by atoms with van der Waals surface area (Å²) in [5.41, 5.74) is 2.81. The van der Waals surface area contributed by atoms with Gasteiger partial charge in [-0.3, -0.25) is 4.57 Å². The van der Waals surface area contributed by atoms with Gasteiger partial charge in [-0.2, -0.15) is 0 Å². The van der Waals surface area contributed by atoms with E-state index in [1.165, 1.54) is 0 Å². The van der Waals surface area contributed by atoms with E-state index in [4.69, 9.17) is 21.3 Å². The molecule has 0 saturated carbocycles. The number of pyridine rings is 1. The number of halogens is 1. The van der Waals surface area contributed by atoms with Crippen molar-refractivity contribution in [1.29, 1.82) is 0 Å². The standard InChI is InChI=1S/C17H16ClN3O/c18-13-3-1-4-14(11-13)21-16(12-6-9-22-10-7-12)20-15-5-2-8-19-17(15)21/h1-5,8,11-12H,6-7,9-10H2. The molecule has 0 unspecified atom stereocenters. The second kappa shape index (κ2) is 5.71. The smallest absolute Gasteiger partial charge is 0.164 e. The number of hydrogen-bond acceptors (Lipinski definition) is 3. The largest absolute Gasteiger partial charge is 0.381 e. The fourth-order valence-corrected chi connectivity index (χ4v) is 3.21. The highest BCUT2D eigenvalue weighted by molar-refractivity contribution is 6.30. The van der Waals surface area contributed by atoms with Crippen molar-refractivity contribution < 1.29 is 4.74 Å². The van der Waals surface area contributed by atoms with Crippen LogP contribution in [0.1, 0.15) is 24.6 Å². The first kappa shape index (κ1) is 13.7. The molecule has 0 bridgehead atoms. The van der Waals surface area contributed by atoms with Crippen molar-refractivity contribution in [3.63, 3.8) is 0 Å². The zero-order chi connectivity index (χ0) is 14.9. The van der Waals surface area contributed by atoms with Gasteiger partial charge in [0, 0.05) is 30.4 Å². The van der Waals surface area contributed by atoms with Crippen LogP contribution in [0.25, 0.3) is 16.9 Å². The van der Waals surface area contributed by atoms with E-state index < -0.39 is 0 Å². The third-order valence-electron chi connectivity index (χ3n) is 4.09. The van der Waals surface area contributed by atoms with Crippen LogP contribution in [0, 0.1) is 0 Å². The minimum absolute atomic E-state index is 0.391. The van der Waals surface area contributed by atoms with Gasteiger partial charge in [-0.15, -0.1) is 0 Å². The highest BCUT2D eigenvalue weighted by Crippen LogP contribution is 2.31. The summed E-state index contributed by atoms with van der Waals surface area (Å²) in [6, 6.07) is 11.8. The van der Waals surface area contributed by atoms with Crippen molar-refractivity contribution in [1.82, 2.24) is 14.5 Å². The van der Waals surface area contributed by atoms with Crippen LogP contribution in [-0.2, 0) is 4.74 Å². The maximum atomic E-state index is 6.18. The molecular weight excluding hydrogens is 298 g/mol. The number of nitrogens with zero attached hydrogens (tertiary/aromatic N) is 3. The Kier molecular flexibility index (Phi) is 3.56. The molecule has 1 aliphatic heterocycles. The summed E-state index contributed by atoms with van der Waals surface area (Å²) in [6.45, 7) is 1.58. The number of imidazole rings is 1. The molecule has 3 heterocycles. The molecule has 4 nitrogen and oxygen atoms in total. The quantitative estimate of drug-likeness (QED) is 0.718. The molecule has 0 radical (unpaired) electrons. The van der Waals surface area contributed by atoms with E-state index in [9.17, 15) is 0 Å². The molecule has 1 aliphatic rings. The lowest BCUT2D eigenvalue weighted by Crippen LogP contribution is -2.17. The van der Waals surface area contributed by atoms with E-state index in [-0.39, 0.29) is 0 Å². The minimum Gasteiger partial charge on any atom is -0.381 e. The molecule has 0 aliphatic carbocycles. The number of rotatable bonds is 2. The van der Waals surface area contributed by atoms with Gasteiger partial charge in [0.2, 0.25) is 0 Å². The Morgan fingerprint density at radius 3 is 2.82 bits per heavy atom. The van der Waals surface area contributed by atoms with Crippen LogP contribution in [0.15, 0.2) is 42.6 Å². The van der Waals surface area contributed by atoms with Crippen LogP contribution in [-0.4, -0.2) is 27.7 Å². The molecule has 0 amide bonds. The van der Waals surface area contributed by atoms with Crippen LogP contribution >= 0.6 is 11.6 Å². The summed E-state index contributed by atoms with van der Waals surface area (Å²) in [6.07, 6.45) is 3.78. The number of fused-ring (bicyclic) bond motifs is 1. The molecule has 3 aromatic rings. The Balaban J connectivity index is 1.93. The van der Waals surface area contributed by atoms with Gasteiger partial charge in [0.25, 0.3) is 0 Å². The van der Waals surface area contributed by atoms with Gasteiger partial charge in [0.15, 0.2) is 5.65 Å². The van der Waals surface area contributed by atoms with E-state index in [2.05, 4.69) is 9.55 Å². The fraction of sp³-hybridized carbons (Fsp3) is 0.294. The molecule has 1 saturated heterocycles. The molecule has 0 spiro atoms. The van der Waals surface area contributed by atoms with Crippen molar-refractivity contribution in [2.45, 2.75) is 18.8 Å². The Labute approximate surface area is 133 Å². The zero-order valence-corrected chi connectivity index (χ0v) is 12.8. The summed E-state index contributed by atoms with van der Waals surface area (Å²) in [7, 11) is 0. The monoisotopic (exact) mass is 313 g/mol. The lowest BCUT2D eigenvalue weighted by atomic mass is 9.99. The van der Waals surface area contributed by atoms with Crippen LogP contribution in [0.4, 0.5) is 0 Å². The summed E-state index contributed by atoms with van der Waals surface area (Å²) < 4.78 is 7.62. The molecule has 0 N–H and O–H groups in total. The molecule has 5 heteroatoms. The van der Waals surface area contributed by atoms with Gasteiger partial charge >= 0.3 is 0 Å². The summed E-state index contributed by atoms with van der Waals surface area (Å²) in [5.74, 6) is 1.45. The third-order valence-corrected chi connectivity index (χ3v) is 4.33. The number of benzene rings is 1. The average Bonchev–Trinajstić information content (AvgIpc) is 2.95. The van der Waals surface area contributed by atoms with E-state index in [0.29, 0.717) is 10.9 Å². The van der Waals surface area contributed by atoms with Crippen molar-refractivity contribution in [3.05, 3.63) is 53.4 Å². The first-order valence-electron chi connectivity index (χ1n) is 7.50. The highest BCUT2D eigenvalue weighted by atomic mass is 35.5. The van der Waals surface area contributed by atoms with Gasteiger partial charge in [-0.05, 0) is 43.2 Å². The van der Waals surface area contributed by atoms with E-state index in [1.807, 2.05) is 36.4 Å². The topological polar surface area (TPSA) is 39.9 Å². The van der Waals surface area contributed by atoms with Crippen molar-refractivity contribution in [2.75, 3.05) is 13.2 Å². The molecule has 1 fully saturated rings. The third kappa shape index (κ3) is 2.38.